The van der Waals surface area contributed by atoms with Gasteiger partial charge >= 0.3 is 0 Å². The fourth-order valence-electron chi connectivity index (χ4n) is 2.64. The molecular formula is C17H15N5OS. The lowest BCUT2D eigenvalue weighted by Crippen LogP contribution is -2.19. The van der Waals surface area contributed by atoms with Crippen molar-refractivity contribution in [2.24, 2.45) is 7.05 Å². The van der Waals surface area contributed by atoms with E-state index in [1.807, 2.05) is 60.4 Å². The van der Waals surface area contributed by atoms with Gasteiger partial charge in [0.2, 0.25) is 5.91 Å². The number of hydrogen-bond acceptors (Lipinski definition) is 4. The molecule has 0 spiro atoms. The Morgan fingerprint density at radius 2 is 2.08 bits per heavy atom. The molecule has 4 aromatic rings. The number of para-hydroxylation sites is 1. The van der Waals surface area contributed by atoms with Gasteiger partial charge in [-0.1, -0.05) is 12.1 Å². The second-order valence-electron chi connectivity index (χ2n) is 5.45. The number of nitrogens with one attached hydrogen (secondary N) is 1. The summed E-state index contributed by atoms with van der Waals surface area (Å²) in [6, 6.07) is 11.7. The van der Waals surface area contributed by atoms with Crippen molar-refractivity contribution in [3.8, 4) is 11.3 Å². The summed E-state index contributed by atoms with van der Waals surface area (Å²) in [4.78, 5) is 12.3. The minimum absolute atomic E-state index is 0.148. The summed E-state index contributed by atoms with van der Waals surface area (Å²) in [5.41, 5.74) is 2.91. The number of aryl methyl sites for hydroxylation is 1. The molecule has 0 saturated heterocycles. The molecule has 0 unspecified atom stereocenters. The van der Waals surface area contributed by atoms with Gasteiger partial charge in [0.25, 0.3) is 0 Å². The molecule has 7 heteroatoms. The van der Waals surface area contributed by atoms with Crippen molar-refractivity contribution >= 4 is 34.0 Å². The number of thiophene rings is 1. The Morgan fingerprint density at radius 1 is 1.21 bits per heavy atom. The van der Waals surface area contributed by atoms with Gasteiger partial charge < -0.3 is 5.32 Å². The van der Waals surface area contributed by atoms with E-state index in [0.29, 0.717) is 5.82 Å². The Labute approximate surface area is 142 Å². The van der Waals surface area contributed by atoms with Crippen LogP contribution < -0.4 is 5.32 Å². The number of aromatic nitrogens is 4. The van der Waals surface area contributed by atoms with Crippen LogP contribution >= 0.6 is 11.3 Å². The molecule has 1 aromatic carbocycles. The van der Waals surface area contributed by atoms with Gasteiger partial charge in [-0.15, -0.1) is 0 Å². The largest absolute Gasteiger partial charge is 0.307 e. The minimum Gasteiger partial charge on any atom is -0.307 e. The van der Waals surface area contributed by atoms with E-state index in [1.54, 1.807) is 20.7 Å². The van der Waals surface area contributed by atoms with Crippen molar-refractivity contribution in [3.05, 3.63) is 53.4 Å². The second-order valence-corrected chi connectivity index (χ2v) is 6.23. The second kappa shape index (κ2) is 5.93. The third-order valence-electron chi connectivity index (χ3n) is 3.78. The van der Waals surface area contributed by atoms with Gasteiger partial charge in [-0.2, -0.15) is 21.5 Å². The third-order valence-corrected chi connectivity index (χ3v) is 4.46. The van der Waals surface area contributed by atoms with E-state index in [-0.39, 0.29) is 12.5 Å². The van der Waals surface area contributed by atoms with E-state index in [4.69, 9.17) is 0 Å². The van der Waals surface area contributed by atoms with E-state index >= 15 is 0 Å². The van der Waals surface area contributed by atoms with Crippen molar-refractivity contribution in [1.82, 2.24) is 19.6 Å². The van der Waals surface area contributed by atoms with E-state index in [0.717, 1.165) is 22.2 Å². The maximum Gasteiger partial charge on any atom is 0.247 e. The van der Waals surface area contributed by atoms with Crippen LogP contribution in [0, 0.1) is 0 Å². The lowest BCUT2D eigenvalue weighted by Gasteiger charge is -2.03. The highest BCUT2D eigenvalue weighted by molar-refractivity contribution is 7.08. The van der Waals surface area contributed by atoms with E-state index in [2.05, 4.69) is 15.5 Å². The Kier molecular flexibility index (Phi) is 3.62. The zero-order chi connectivity index (χ0) is 16.5. The predicted octanol–water partition coefficient (Wildman–Crippen LogP) is 3.14. The standard InChI is InChI=1S/C17H15N5OS/c1-21-15-5-3-2-4-13(15)17(20-21)18-16(23)10-22-8-6-14(19-22)12-7-9-24-11-12/h2-9,11H,10H2,1H3,(H,18,20,23). The molecular weight excluding hydrogens is 322 g/mol. The van der Waals surface area contributed by atoms with Crippen LogP contribution in [0.3, 0.4) is 0 Å². The van der Waals surface area contributed by atoms with E-state index < -0.39 is 0 Å². The molecule has 0 aliphatic heterocycles. The number of nitrogens with zero attached hydrogens (tertiary/aromatic N) is 4. The van der Waals surface area contributed by atoms with Gasteiger partial charge in [-0.25, -0.2) is 0 Å². The summed E-state index contributed by atoms with van der Waals surface area (Å²) < 4.78 is 3.39. The molecule has 3 aromatic heterocycles. The Balaban J connectivity index is 1.50. The van der Waals surface area contributed by atoms with Gasteiger partial charge in [0, 0.05) is 29.6 Å². The van der Waals surface area contributed by atoms with Crippen LogP contribution in [0.2, 0.25) is 0 Å². The highest BCUT2D eigenvalue weighted by Gasteiger charge is 2.12. The van der Waals surface area contributed by atoms with Crippen molar-refractivity contribution < 1.29 is 4.79 Å². The quantitative estimate of drug-likeness (QED) is 0.622. The zero-order valence-electron chi connectivity index (χ0n) is 13.0. The molecule has 1 amide bonds. The van der Waals surface area contributed by atoms with Gasteiger partial charge in [-0.3, -0.25) is 14.2 Å². The topological polar surface area (TPSA) is 64.7 Å². The van der Waals surface area contributed by atoms with Crippen LogP contribution in [0.1, 0.15) is 0 Å². The average molecular weight is 337 g/mol. The highest BCUT2D eigenvalue weighted by atomic mass is 32.1. The van der Waals surface area contributed by atoms with Crippen LogP contribution in [0.5, 0.6) is 0 Å². The molecule has 120 valence electrons. The number of rotatable bonds is 4. The van der Waals surface area contributed by atoms with Crippen molar-refractivity contribution in [3.63, 3.8) is 0 Å². The number of anilines is 1. The summed E-state index contributed by atoms with van der Waals surface area (Å²) in [6.07, 6.45) is 1.81. The smallest absolute Gasteiger partial charge is 0.247 e. The van der Waals surface area contributed by atoms with Crippen LogP contribution in [0.4, 0.5) is 5.82 Å². The summed E-state index contributed by atoms with van der Waals surface area (Å²) in [5, 5.41) is 16.6. The van der Waals surface area contributed by atoms with Crippen LogP contribution in [0.15, 0.2) is 53.4 Å². The number of hydrogen-bond donors (Lipinski definition) is 1. The zero-order valence-corrected chi connectivity index (χ0v) is 13.8. The lowest BCUT2D eigenvalue weighted by atomic mass is 10.2. The molecule has 0 atom stereocenters. The highest BCUT2D eigenvalue weighted by Crippen LogP contribution is 2.22. The fourth-order valence-corrected chi connectivity index (χ4v) is 3.29. The number of carbonyl (C=O) groups excluding carboxylic acids is 1. The lowest BCUT2D eigenvalue weighted by molar-refractivity contribution is -0.116. The Morgan fingerprint density at radius 3 is 2.92 bits per heavy atom. The molecule has 24 heavy (non-hydrogen) atoms. The third kappa shape index (κ3) is 2.69. The molecule has 3 heterocycles. The molecule has 0 fully saturated rings. The van der Waals surface area contributed by atoms with Crippen LogP contribution in [-0.4, -0.2) is 25.5 Å². The maximum atomic E-state index is 12.3. The number of amides is 1. The van der Waals surface area contributed by atoms with Gasteiger partial charge in [-0.05, 0) is 29.6 Å². The van der Waals surface area contributed by atoms with Crippen LogP contribution in [0.25, 0.3) is 22.2 Å². The Bertz CT molecular complexity index is 999. The first kappa shape index (κ1) is 14.6. The van der Waals surface area contributed by atoms with E-state index in [1.165, 1.54) is 0 Å². The van der Waals surface area contributed by atoms with Crippen molar-refractivity contribution in [2.75, 3.05) is 5.32 Å². The molecule has 0 radical (unpaired) electrons. The molecule has 1 N–H and O–H groups in total. The summed E-state index contributed by atoms with van der Waals surface area (Å²) in [5.74, 6) is 0.419. The first-order valence-corrected chi connectivity index (χ1v) is 8.42. The molecule has 0 bridgehead atoms. The first-order chi connectivity index (χ1) is 11.7. The van der Waals surface area contributed by atoms with Crippen molar-refractivity contribution in [1.29, 1.82) is 0 Å². The average Bonchev–Trinajstić information content (AvgIpc) is 3.29. The summed E-state index contributed by atoms with van der Waals surface area (Å²) >= 11 is 1.62. The number of carbonyl (C=O) groups is 1. The molecule has 0 saturated carbocycles. The number of fused-ring (bicyclic) bond motifs is 1. The molecule has 0 aliphatic rings. The SMILES string of the molecule is Cn1nc(NC(=O)Cn2ccc(-c3ccsc3)n2)c2ccccc21. The molecule has 4 rings (SSSR count). The monoisotopic (exact) mass is 337 g/mol. The Hall–Kier alpha value is -2.93. The van der Waals surface area contributed by atoms with E-state index in [9.17, 15) is 4.79 Å². The summed E-state index contributed by atoms with van der Waals surface area (Å²) in [6.45, 7) is 0.148. The fraction of sp³-hybridized carbons (Fsp3) is 0.118. The normalized spacial score (nSPS) is 11.0. The maximum absolute atomic E-state index is 12.3. The first-order valence-electron chi connectivity index (χ1n) is 7.48. The van der Waals surface area contributed by atoms with Gasteiger partial charge in [0.15, 0.2) is 5.82 Å². The summed E-state index contributed by atoms with van der Waals surface area (Å²) in [7, 11) is 1.86. The number of benzene rings is 1. The minimum atomic E-state index is -0.154. The molecule has 6 nitrogen and oxygen atoms in total. The predicted molar refractivity (Wildman–Crippen MR) is 94.9 cm³/mol. The van der Waals surface area contributed by atoms with Crippen molar-refractivity contribution in [2.45, 2.75) is 6.54 Å². The van der Waals surface area contributed by atoms with Gasteiger partial charge in [0.05, 0.1) is 11.2 Å². The van der Waals surface area contributed by atoms with Crippen LogP contribution in [-0.2, 0) is 18.4 Å². The molecule has 0 aliphatic carbocycles. The van der Waals surface area contributed by atoms with Gasteiger partial charge in [0.1, 0.15) is 6.54 Å².